The van der Waals surface area contributed by atoms with Crippen molar-refractivity contribution in [1.29, 1.82) is 0 Å². The van der Waals surface area contributed by atoms with Crippen molar-refractivity contribution >= 4 is 54.7 Å². The molecular weight excluding hydrogens is 602 g/mol. The second-order valence-electron chi connectivity index (χ2n) is 9.72. The molecule has 2 unspecified atom stereocenters. The summed E-state index contributed by atoms with van der Waals surface area (Å²) in [6, 6.07) is 11.1. The molecule has 230 valence electrons. The van der Waals surface area contributed by atoms with E-state index in [9.17, 15) is 34.6 Å². The first-order chi connectivity index (χ1) is 20.5. The van der Waals surface area contributed by atoms with Crippen molar-refractivity contribution < 1.29 is 38.4 Å². The molecule has 0 radical (unpaired) electrons. The van der Waals surface area contributed by atoms with Gasteiger partial charge in [0.2, 0.25) is 0 Å². The number of hydrogen-bond donors (Lipinski definition) is 2. The molecule has 0 spiro atoms. The Hall–Kier alpha value is -4.11. The van der Waals surface area contributed by atoms with Gasteiger partial charge in [-0.2, -0.15) is 25.3 Å². The number of thiol groups is 2. The van der Waals surface area contributed by atoms with Crippen LogP contribution < -0.4 is 0 Å². The van der Waals surface area contributed by atoms with E-state index in [1.807, 2.05) is 0 Å². The predicted molar refractivity (Wildman–Crippen MR) is 161 cm³/mol. The summed E-state index contributed by atoms with van der Waals surface area (Å²) in [7, 11) is 0. The molecule has 1 heterocycles. The second-order valence-corrected chi connectivity index (χ2v) is 10.5. The van der Waals surface area contributed by atoms with E-state index in [1.165, 1.54) is 60.4 Å². The summed E-state index contributed by atoms with van der Waals surface area (Å²) >= 11 is 8.40. The van der Waals surface area contributed by atoms with Gasteiger partial charge in [0.05, 0.1) is 26.9 Å². The molecule has 0 bridgehead atoms. The van der Waals surface area contributed by atoms with E-state index in [0.29, 0.717) is 0 Å². The van der Waals surface area contributed by atoms with Crippen molar-refractivity contribution in [3.8, 4) is 0 Å². The quantitative estimate of drug-likeness (QED) is 0.0835. The van der Waals surface area contributed by atoms with Crippen LogP contribution >= 0.6 is 25.3 Å². The predicted octanol–water partition coefficient (Wildman–Crippen LogP) is 4.70. The van der Waals surface area contributed by atoms with E-state index in [1.54, 1.807) is 0 Å². The molecule has 0 saturated carbocycles. The van der Waals surface area contributed by atoms with Crippen LogP contribution in [0.5, 0.6) is 0 Å². The third kappa shape index (κ3) is 8.47. The Morgan fingerprint density at radius 1 is 0.884 bits per heavy atom. The van der Waals surface area contributed by atoms with Crippen molar-refractivity contribution in [1.82, 2.24) is 4.90 Å². The van der Waals surface area contributed by atoms with E-state index >= 15 is 0 Å². The smallest absolute Gasteiger partial charge is 0.410 e. The van der Waals surface area contributed by atoms with Crippen LogP contribution in [0.1, 0.15) is 37.0 Å². The van der Waals surface area contributed by atoms with Gasteiger partial charge in [0.25, 0.3) is 11.4 Å². The third-order valence-electron chi connectivity index (χ3n) is 6.79. The molecule has 0 aromatic heterocycles. The number of esters is 2. The van der Waals surface area contributed by atoms with Gasteiger partial charge in [-0.15, -0.1) is 0 Å². The number of hydrogen-bond acceptors (Lipinski definition) is 12. The monoisotopic (exact) mass is 633 g/mol. The highest BCUT2D eigenvalue weighted by Gasteiger charge is 2.36. The highest BCUT2D eigenvalue weighted by Crippen LogP contribution is 2.37. The molecule has 0 aliphatic carbocycles. The molecule has 3 rings (SSSR count). The summed E-state index contributed by atoms with van der Waals surface area (Å²) in [5.41, 5.74) is -0.615. The standard InChI is InChI=1S/C28H31N3O10S2/c1-17(2)26(32)39-23(15-42)24(16-43)40-27(33)18-11-13-29(14-12-18)28(34)41-25(19-7-3-5-9-21(19)30(35)36)20-8-4-6-10-22(20)31(37)38/h3-10,18,23-25,42-43H,1,11-16H2,2H3. The molecule has 1 aliphatic heterocycles. The molecule has 2 atom stereocenters. The number of rotatable bonds is 12. The highest BCUT2D eigenvalue weighted by molar-refractivity contribution is 7.80. The second kappa shape index (κ2) is 15.4. The molecule has 1 aliphatic rings. The summed E-state index contributed by atoms with van der Waals surface area (Å²) < 4.78 is 16.6. The molecule has 2 aromatic carbocycles. The van der Waals surface area contributed by atoms with E-state index in [-0.39, 0.29) is 65.5 Å². The minimum Gasteiger partial charge on any atom is -0.457 e. The number of amides is 1. The van der Waals surface area contributed by atoms with Crippen LogP contribution in [0.3, 0.4) is 0 Å². The average molecular weight is 634 g/mol. The Morgan fingerprint density at radius 2 is 1.35 bits per heavy atom. The maximum absolute atomic E-state index is 13.3. The maximum atomic E-state index is 13.3. The van der Waals surface area contributed by atoms with Crippen molar-refractivity contribution in [3.05, 3.63) is 92.0 Å². The van der Waals surface area contributed by atoms with Crippen LogP contribution in [-0.2, 0) is 23.8 Å². The summed E-state index contributed by atoms with van der Waals surface area (Å²) in [4.78, 5) is 61.7. The summed E-state index contributed by atoms with van der Waals surface area (Å²) in [6.45, 7) is 5.20. The van der Waals surface area contributed by atoms with Gasteiger partial charge in [-0.3, -0.25) is 25.0 Å². The zero-order chi connectivity index (χ0) is 31.7. The van der Waals surface area contributed by atoms with E-state index in [2.05, 4.69) is 31.8 Å². The SMILES string of the molecule is C=C(C)C(=O)OC(CS)C(CS)OC(=O)C1CCN(C(=O)OC(c2ccccc2[N+](=O)[O-])c2ccccc2[N+](=O)[O-])CC1. The van der Waals surface area contributed by atoms with E-state index in [0.717, 1.165) is 0 Å². The zero-order valence-corrected chi connectivity index (χ0v) is 25.0. The van der Waals surface area contributed by atoms with Crippen molar-refractivity contribution in [3.63, 3.8) is 0 Å². The van der Waals surface area contributed by atoms with Gasteiger partial charge < -0.3 is 19.1 Å². The minimum atomic E-state index is -1.45. The third-order valence-corrected chi connectivity index (χ3v) is 7.51. The first kappa shape index (κ1) is 33.4. The number of para-hydroxylation sites is 2. The van der Waals surface area contributed by atoms with E-state index < -0.39 is 52.1 Å². The normalized spacial score (nSPS) is 14.8. The molecule has 0 N–H and O–H groups in total. The molecule has 1 fully saturated rings. The lowest BCUT2D eigenvalue weighted by Crippen LogP contribution is -2.44. The molecule has 15 heteroatoms. The zero-order valence-electron chi connectivity index (χ0n) is 23.2. The molecule has 1 amide bonds. The van der Waals surface area contributed by atoms with Gasteiger partial charge in [0.1, 0.15) is 12.2 Å². The van der Waals surface area contributed by atoms with Gasteiger partial charge in [-0.05, 0) is 31.9 Å². The largest absolute Gasteiger partial charge is 0.457 e. The van der Waals surface area contributed by atoms with Gasteiger partial charge in [-0.1, -0.05) is 30.8 Å². The number of carbonyl (C=O) groups excluding carboxylic acids is 3. The Morgan fingerprint density at radius 3 is 1.79 bits per heavy atom. The average Bonchev–Trinajstić information content (AvgIpc) is 3.01. The van der Waals surface area contributed by atoms with Crippen LogP contribution in [0, 0.1) is 26.1 Å². The first-order valence-corrected chi connectivity index (χ1v) is 14.5. The summed E-state index contributed by atoms with van der Waals surface area (Å²) in [5.74, 6) is -1.62. The van der Waals surface area contributed by atoms with Crippen molar-refractivity contribution in [2.24, 2.45) is 5.92 Å². The lowest BCUT2D eigenvalue weighted by molar-refractivity contribution is -0.387. The van der Waals surface area contributed by atoms with Crippen LogP contribution in [0.15, 0.2) is 60.7 Å². The van der Waals surface area contributed by atoms with Crippen molar-refractivity contribution in [2.45, 2.75) is 38.1 Å². The number of nitro benzene ring substituents is 2. The molecule has 1 saturated heterocycles. The Labute approximate surface area is 258 Å². The fraction of sp³-hybridized carbons (Fsp3) is 0.393. The van der Waals surface area contributed by atoms with Gasteiger partial charge in [-0.25, -0.2) is 9.59 Å². The van der Waals surface area contributed by atoms with Crippen LogP contribution in [0.4, 0.5) is 16.2 Å². The summed E-state index contributed by atoms with van der Waals surface area (Å²) in [6.07, 6.45) is -3.58. The number of benzene rings is 2. The Kier molecular flexibility index (Phi) is 11.9. The lowest BCUT2D eigenvalue weighted by atomic mass is 9.97. The summed E-state index contributed by atoms with van der Waals surface area (Å²) in [5, 5.41) is 23.5. The van der Waals surface area contributed by atoms with Crippen LogP contribution in [-0.4, -0.2) is 69.6 Å². The number of likely N-dealkylation sites (tertiary alicyclic amines) is 1. The van der Waals surface area contributed by atoms with Gasteiger partial charge in [0.15, 0.2) is 6.10 Å². The van der Waals surface area contributed by atoms with Crippen LogP contribution in [0.2, 0.25) is 0 Å². The highest BCUT2D eigenvalue weighted by atomic mass is 32.1. The fourth-order valence-electron chi connectivity index (χ4n) is 4.46. The molecule has 2 aromatic rings. The fourth-order valence-corrected chi connectivity index (χ4v) is 5.08. The molecule has 13 nitrogen and oxygen atoms in total. The lowest BCUT2D eigenvalue weighted by Gasteiger charge is -2.33. The number of carbonyl (C=O) groups is 3. The van der Waals surface area contributed by atoms with Gasteiger partial charge in [0, 0.05) is 42.3 Å². The number of nitrogens with zero attached hydrogens (tertiary/aromatic N) is 3. The maximum Gasteiger partial charge on any atom is 0.410 e. The topological polar surface area (TPSA) is 168 Å². The van der Waals surface area contributed by atoms with E-state index in [4.69, 9.17) is 14.2 Å². The molecule has 43 heavy (non-hydrogen) atoms. The van der Waals surface area contributed by atoms with Crippen molar-refractivity contribution in [2.75, 3.05) is 24.6 Å². The Balaban J connectivity index is 1.73. The van der Waals surface area contributed by atoms with Gasteiger partial charge >= 0.3 is 18.0 Å². The Bertz CT molecular complexity index is 1320. The number of piperidine rings is 1. The number of ether oxygens (including phenoxy) is 3. The first-order valence-electron chi connectivity index (χ1n) is 13.2. The minimum absolute atomic E-state index is 0.0301. The van der Waals surface area contributed by atoms with Crippen LogP contribution in [0.25, 0.3) is 0 Å². The molecular formula is C28H31N3O10S2. The number of nitro groups is 2.